The molecule has 4 atom stereocenters. The smallest absolute Gasteiger partial charge is 0.272 e. The second kappa shape index (κ2) is 9.69. The third kappa shape index (κ3) is 4.99. The normalized spacial score (nSPS) is 25.6. The Morgan fingerprint density at radius 2 is 0.842 bits per heavy atom. The summed E-state index contributed by atoms with van der Waals surface area (Å²) in [5.41, 5.74) is 0.772. The van der Waals surface area contributed by atoms with E-state index in [0.717, 1.165) is 0 Å². The van der Waals surface area contributed by atoms with Gasteiger partial charge in [-0.2, -0.15) is 16.8 Å². The highest BCUT2D eigenvalue weighted by Crippen LogP contribution is 2.48. The van der Waals surface area contributed by atoms with Crippen molar-refractivity contribution in [3.05, 3.63) is 71.8 Å². The van der Waals surface area contributed by atoms with Gasteiger partial charge in [0, 0.05) is 0 Å². The zero-order chi connectivity index (χ0) is 27.2. The number of hydrogen-bond acceptors (Lipinski definition) is 10. The minimum atomic E-state index is -4.37. The average Bonchev–Trinajstić information content (AvgIpc) is 3.23. The molecule has 4 amide bonds. The molecule has 2 heterocycles. The summed E-state index contributed by atoms with van der Waals surface area (Å²) in [5, 5.41) is 0.393. The minimum absolute atomic E-state index is 0.197. The first-order valence-corrected chi connectivity index (χ1v) is 14.8. The lowest BCUT2D eigenvalue weighted by Gasteiger charge is -2.27. The Morgan fingerprint density at radius 1 is 0.553 bits per heavy atom. The van der Waals surface area contributed by atoms with E-state index < -0.39 is 79.0 Å². The predicted octanol–water partition coefficient (Wildman–Crippen LogP) is 0.906. The topological polar surface area (TPSA) is 161 Å². The maximum Gasteiger partial charge on any atom is 0.292 e. The van der Waals surface area contributed by atoms with Crippen LogP contribution in [0.4, 0.5) is 0 Å². The van der Waals surface area contributed by atoms with Crippen molar-refractivity contribution in [3.63, 3.8) is 0 Å². The number of nitrogens with zero attached hydrogens (tertiary/aromatic N) is 2. The molecule has 200 valence electrons. The fourth-order valence-corrected chi connectivity index (χ4v) is 7.15. The molecule has 3 fully saturated rings. The van der Waals surface area contributed by atoms with Gasteiger partial charge in [0.2, 0.25) is 0 Å². The van der Waals surface area contributed by atoms with E-state index >= 15 is 0 Å². The van der Waals surface area contributed by atoms with E-state index in [2.05, 4.69) is 0 Å². The highest BCUT2D eigenvalue weighted by atomic mass is 32.2. The Kier molecular flexibility index (Phi) is 6.67. The minimum Gasteiger partial charge on any atom is -0.272 e. The SMILES string of the molecule is O=C1C2CC3C(=O)N(OS(=O)(=O)Cc4ccccc4)C(=O)C3CC2C(=O)N1OS(=O)(=O)Cc1ccccc1. The molecular weight excluding hydrogens is 540 g/mol. The summed E-state index contributed by atoms with van der Waals surface area (Å²) in [4.78, 5) is 51.8. The highest BCUT2D eigenvalue weighted by Gasteiger charge is 2.61. The van der Waals surface area contributed by atoms with Crippen LogP contribution in [-0.2, 0) is 59.5 Å². The average molecular weight is 563 g/mol. The van der Waals surface area contributed by atoms with Crippen molar-refractivity contribution in [3.8, 4) is 0 Å². The third-order valence-electron chi connectivity index (χ3n) is 6.81. The second-order valence-electron chi connectivity index (χ2n) is 9.36. The van der Waals surface area contributed by atoms with Gasteiger partial charge < -0.3 is 0 Å². The van der Waals surface area contributed by atoms with Crippen LogP contribution in [0, 0.1) is 23.7 Å². The van der Waals surface area contributed by atoms with Gasteiger partial charge in [-0.25, -0.2) is 0 Å². The molecule has 0 aromatic heterocycles. The molecule has 2 saturated heterocycles. The molecule has 2 aromatic rings. The van der Waals surface area contributed by atoms with Gasteiger partial charge in [0.1, 0.15) is 11.5 Å². The quantitative estimate of drug-likeness (QED) is 0.423. The summed E-state index contributed by atoms with van der Waals surface area (Å²) in [6, 6.07) is 16.1. The van der Waals surface area contributed by atoms with Crippen LogP contribution in [0.2, 0.25) is 0 Å². The summed E-state index contributed by atoms with van der Waals surface area (Å²) < 4.78 is 59.7. The van der Waals surface area contributed by atoms with Gasteiger partial charge in [-0.1, -0.05) is 60.7 Å². The summed E-state index contributed by atoms with van der Waals surface area (Å²) in [6.07, 6.45) is -0.524. The first-order valence-electron chi connectivity index (χ1n) is 11.6. The summed E-state index contributed by atoms with van der Waals surface area (Å²) in [5.74, 6) is -9.32. The van der Waals surface area contributed by atoms with E-state index in [1.54, 1.807) is 60.7 Å². The number of benzene rings is 2. The maximum atomic E-state index is 12.9. The molecule has 2 aromatic carbocycles. The number of fused-ring (bicyclic) bond motifs is 2. The zero-order valence-corrected chi connectivity index (χ0v) is 21.3. The van der Waals surface area contributed by atoms with Crippen LogP contribution in [-0.4, -0.2) is 50.6 Å². The van der Waals surface area contributed by atoms with Crippen molar-refractivity contribution < 1.29 is 44.6 Å². The van der Waals surface area contributed by atoms with Gasteiger partial charge in [0.25, 0.3) is 43.9 Å². The van der Waals surface area contributed by atoms with E-state index in [0.29, 0.717) is 11.1 Å². The fraction of sp³-hybridized carbons (Fsp3) is 0.333. The van der Waals surface area contributed by atoms with Gasteiger partial charge in [-0.15, -0.1) is 18.7 Å². The van der Waals surface area contributed by atoms with Gasteiger partial charge in [0.15, 0.2) is 0 Å². The van der Waals surface area contributed by atoms with Crippen molar-refractivity contribution in [2.45, 2.75) is 24.3 Å². The molecular formula is C24H22N2O10S2. The molecule has 38 heavy (non-hydrogen) atoms. The Morgan fingerprint density at radius 3 is 1.13 bits per heavy atom. The van der Waals surface area contributed by atoms with Gasteiger partial charge >= 0.3 is 0 Å². The molecule has 1 aliphatic carbocycles. The lowest BCUT2D eigenvalue weighted by molar-refractivity contribution is -0.166. The molecule has 0 N–H and O–H groups in total. The van der Waals surface area contributed by atoms with E-state index in [9.17, 15) is 36.0 Å². The van der Waals surface area contributed by atoms with Crippen LogP contribution >= 0.6 is 0 Å². The summed E-state index contributed by atoms with van der Waals surface area (Å²) in [7, 11) is -8.73. The number of hydroxylamine groups is 4. The zero-order valence-electron chi connectivity index (χ0n) is 19.7. The Labute approximate surface area is 218 Å². The van der Waals surface area contributed by atoms with Crippen LogP contribution < -0.4 is 0 Å². The monoisotopic (exact) mass is 562 g/mol. The Hall–Kier alpha value is -3.46. The lowest BCUT2D eigenvalue weighted by atomic mass is 9.70. The van der Waals surface area contributed by atoms with Crippen molar-refractivity contribution >= 4 is 43.9 Å². The van der Waals surface area contributed by atoms with Crippen LogP contribution in [0.3, 0.4) is 0 Å². The molecule has 3 aliphatic rings. The third-order valence-corrected chi connectivity index (χ3v) is 8.93. The molecule has 0 bridgehead atoms. The fourth-order valence-electron chi connectivity index (χ4n) is 5.10. The van der Waals surface area contributed by atoms with Crippen LogP contribution in [0.25, 0.3) is 0 Å². The van der Waals surface area contributed by atoms with E-state index in [4.69, 9.17) is 8.57 Å². The Bertz CT molecular complexity index is 1350. The highest BCUT2D eigenvalue weighted by molar-refractivity contribution is 7.86. The first-order chi connectivity index (χ1) is 18.0. The van der Waals surface area contributed by atoms with Gasteiger partial charge in [0.05, 0.1) is 23.7 Å². The lowest BCUT2D eigenvalue weighted by Crippen LogP contribution is -2.35. The number of rotatable bonds is 8. The largest absolute Gasteiger partial charge is 0.292 e. The van der Waals surface area contributed by atoms with Crippen LogP contribution in [0.5, 0.6) is 0 Å². The molecule has 0 spiro atoms. The molecule has 0 radical (unpaired) electrons. The van der Waals surface area contributed by atoms with Crippen molar-refractivity contribution in [2.24, 2.45) is 23.7 Å². The standard InChI is InChI=1S/C24H22N2O10S2/c27-21-17-11-19-20(24(30)26(23(19)29)36-38(33,34)14-16-9-5-2-6-10-16)12-18(17)22(28)25(21)35-37(31,32)13-15-7-3-1-4-8-15/h1-10,17-20H,11-14H2. The number of carbonyl (C=O) groups is 4. The van der Waals surface area contributed by atoms with Gasteiger partial charge in [-0.05, 0) is 24.0 Å². The molecule has 5 rings (SSSR count). The van der Waals surface area contributed by atoms with Crippen molar-refractivity contribution in [1.29, 1.82) is 0 Å². The molecule has 1 saturated carbocycles. The number of amides is 4. The van der Waals surface area contributed by atoms with Crippen molar-refractivity contribution in [2.75, 3.05) is 0 Å². The Balaban J connectivity index is 1.28. The van der Waals surface area contributed by atoms with Crippen molar-refractivity contribution in [1.82, 2.24) is 10.1 Å². The molecule has 2 aliphatic heterocycles. The second-order valence-corrected chi connectivity index (χ2v) is 12.5. The van der Waals surface area contributed by atoms with E-state index in [-0.39, 0.29) is 23.0 Å². The van der Waals surface area contributed by atoms with E-state index in [1.165, 1.54) is 0 Å². The summed E-state index contributed by atoms with van der Waals surface area (Å²) in [6.45, 7) is 0. The first kappa shape index (κ1) is 26.2. The van der Waals surface area contributed by atoms with E-state index in [1.807, 2.05) is 0 Å². The number of imide groups is 2. The molecule has 4 unspecified atom stereocenters. The number of carbonyl (C=O) groups excluding carboxylic acids is 4. The van der Waals surface area contributed by atoms with Crippen LogP contribution in [0.15, 0.2) is 60.7 Å². The predicted molar refractivity (Wildman–Crippen MR) is 127 cm³/mol. The van der Waals surface area contributed by atoms with Gasteiger partial charge in [-0.3, -0.25) is 19.2 Å². The van der Waals surface area contributed by atoms with Crippen LogP contribution in [0.1, 0.15) is 24.0 Å². The summed E-state index contributed by atoms with van der Waals surface area (Å²) >= 11 is 0. The number of hydrogen-bond donors (Lipinski definition) is 0. The maximum absolute atomic E-state index is 12.9. The molecule has 14 heteroatoms. The molecule has 12 nitrogen and oxygen atoms in total.